The van der Waals surface area contributed by atoms with Gasteiger partial charge >= 0.3 is 6.09 Å². The fourth-order valence-electron chi connectivity index (χ4n) is 3.40. The van der Waals surface area contributed by atoms with Crippen LogP contribution >= 0.6 is 0 Å². The molecule has 1 aliphatic rings. The molecular weight excluding hydrogens is 340 g/mol. The summed E-state index contributed by atoms with van der Waals surface area (Å²) in [5.41, 5.74) is 1.47. The van der Waals surface area contributed by atoms with Crippen molar-refractivity contribution in [3.63, 3.8) is 0 Å². The van der Waals surface area contributed by atoms with E-state index < -0.39 is 6.09 Å². The maximum Gasteiger partial charge on any atom is 0.419 e. The molecule has 2 aromatic rings. The van der Waals surface area contributed by atoms with Gasteiger partial charge in [0.2, 0.25) is 5.91 Å². The van der Waals surface area contributed by atoms with Gasteiger partial charge in [0.1, 0.15) is 5.75 Å². The minimum absolute atomic E-state index is 0.0513. The Morgan fingerprint density at radius 2 is 1.67 bits per heavy atom. The lowest BCUT2D eigenvalue weighted by molar-refractivity contribution is -0.117. The van der Waals surface area contributed by atoms with Crippen molar-refractivity contribution < 1.29 is 14.3 Å². The van der Waals surface area contributed by atoms with Gasteiger partial charge in [-0.05, 0) is 55.2 Å². The van der Waals surface area contributed by atoms with E-state index in [4.69, 9.17) is 4.74 Å². The number of hydrogen-bond acceptors (Lipinski definition) is 3. The van der Waals surface area contributed by atoms with Crippen LogP contribution in [0.1, 0.15) is 38.5 Å². The van der Waals surface area contributed by atoms with Gasteiger partial charge in [0.15, 0.2) is 0 Å². The smallest absolute Gasteiger partial charge is 0.410 e. The minimum Gasteiger partial charge on any atom is -0.410 e. The van der Waals surface area contributed by atoms with Crippen molar-refractivity contribution in [2.45, 2.75) is 38.5 Å². The van der Waals surface area contributed by atoms with Crippen molar-refractivity contribution in [3.8, 4) is 5.75 Å². The number of nitrogens with zero attached hydrogens (tertiary/aromatic N) is 1. The van der Waals surface area contributed by atoms with Gasteiger partial charge in [0.25, 0.3) is 0 Å². The summed E-state index contributed by atoms with van der Waals surface area (Å²) in [6.45, 7) is 0. The van der Waals surface area contributed by atoms with Crippen LogP contribution in [-0.2, 0) is 4.79 Å². The molecule has 142 valence electrons. The maximum absolute atomic E-state index is 12.2. The predicted octanol–water partition coefficient (Wildman–Crippen LogP) is 5.23. The number of hydrogen-bond donors (Lipinski definition) is 1. The number of benzene rings is 2. The lowest BCUT2D eigenvalue weighted by Crippen LogP contribution is -2.29. The van der Waals surface area contributed by atoms with Crippen LogP contribution in [0.2, 0.25) is 0 Å². The molecule has 0 saturated heterocycles. The number of para-hydroxylation sites is 1. The number of rotatable bonds is 5. The van der Waals surface area contributed by atoms with Crippen LogP contribution in [0.4, 0.5) is 16.2 Å². The zero-order valence-electron chi connectivity index (χ0n) is 15.7. The van der Waals surface area contributed by atoms with E-state index >= 15 is 0 Å². The summed E-state index contributed by atoms with van der Waals surface area (Å²) in [6, 6.07) is 16.2. The molecule has 5 heteroatoms. The average molecular weight is 366 g/mol. The highest BCUT2D eigenvalue weighted by Crippen LogP contribution is 2.27. The molecule has 2 amide bonds. The molecule has 2 aromatic carbocycles. The highest BCUT2D eigenvalue weighted by atomic mass is 16.6. The lowest BCUT2D eigenvalue weighted by Gasteiger charge is -2.20. The van der Waals surface area contributed by atoms with Gasteiger partial charge in [0, 0.05) is 24.8 Å². The monoisotopic (exact) mass is 366 g/mol. The molecule has 0 unspecified atom stereocenters. The van der Waals surface area contributed by atoms with Crippen LogP contribution in [0.25, 0.3) is 0 Å². The number of ether oxygens (including phenoxy) is 1. The van der Waals surface area contributed by atoms with Gasteiger partial charge in [0.05, 0.1) is 0 Å². The molecular formula is C22H26N2O3. The number of anilines is 2. The van der Waals surface area contributed by atoms with Gasteiger partial charge in [-0.15, -0.1) is 0 Å². The minimum atomic E-state index is -0.463. The summed E-state index contributed by atoms with van der Waals surface area (Å²) >= 11 is 0. The Morgan fingerprint density at radius 3 is 2.33 bits per heavy atom. The normalized spacial score (nSPS) is 14.4. The quantitative estimate of drug-likeness (QED) is 0.788. The Morgan fingerprint density at radius 1 is 1.00 bits per heavy atom. The Hall–Kier alpha value is -2.82. The van der Waals surface area contributed by atoms with E-state index in [1.165, 1.54) is 24.2 Å². The largest absolute Gasteiger partial charge is 0.419 e. The van der Waals surface area contributed by atoms with E-state index in [-0.39, 0.29) is 5.91 Å². The Bertz CT molecular complexity index is 753. The van der Waals surface area contributed by atoms with Crippen molar-refractivity contribution in [3.05, 3.63) is 54.6 Å². The highest BCUT2D eigenvalue weighted by molar-refractivity contribution is 5.91. The van der Waals surface area contributed by atoms with Gasteiger partial charge in [-0.25, -0.2) is 4.79 Å². The first kappa shape index (κ1) is 19.0. The van der Waals surface area contributed by atoms with Crippen molar-refractivity contribution in [2.24, 2.45) is 5.92 Å². The number of carbonyl (C=O) groups excluding carboxylic acids is 2. The fourth-order valence-corrected chi connectivity index (χ4v) is 3.40. The number of amides is 2. The summed E-state index contributed by atoms with van der Waals surface area (Å²) in [6.07, 6.45) is 6.17. The van der Waals surface area contributed by atoms with Gasteiger partial charge < -0.3 is 10.1 Å². The van der Waals surface area contributed by atoms with Crippen LogP contribution in [-0.4, -0.2) is 19.0 Å². The topological polar surface area (TPSA) is 58.6 Å². The molecule has 3 rings (SSSR count). The van der Waals surface area contributed by atoms with Crippen molar-refractivity contribution >= 4 is 23.4 Å². The van der Waals surface area contributed by atoms with Crippen molar-refractivity contribution in [1.29, 1.82) is 0 Å². The molecule has 0 radical (unpaired) electrons. The second-order valence-electron chi connectivity index (χ2n) is 7.04. The molecule has 0 heterocycles. The molecule has 0 aromatic heterocycles. The lowest BCUT2D eigenvalue weighted by atomic mass is 9.87. The molecule has 0 bridgehead atoms. The first-order chi connectivity index (χ1) is 13.1. The van der Waals surface area contributed by atoms with Gasteiger partial charge in [-0.1, -0.05) is 37.5 Å². The van der Waals surface area contributed by atoms with E-state index in [0.717, 1.165) is 18.5 Å². The second-order valence-corrected chi connectivity index (χ2v) is 7.04. The standard InChI is InChI=1S/C22H26N2O3/c1-24(19-10-6-3-7-11-19)22(26)27-20-14-12-18(13-15-20)23-21(25)16-17-8-4-2-5-9-17/h3,6-7,10-15,17H,2,4-5,8-9,16H2,1H3,(H,23,25). The first-order valence-corrected chi connectivity index (χ1v) is 9.52. The maximum atomic E-state index is 12.2. The molecule has 1 saturated carbocycles. The molecule has 27 heavy (non-hydrogen) atoms. The van der Waals surface area contributed by atoms with Crippen LogP contribution in [0.15, 0.2) is 54.6 Å². The molecule has 1 fully saturated rings. The zero-order chi connectivity index (χ0) is 19.1. The number of nitrogens with one attached hydrogen (secondary N) is 1. The van der Waals surface area contributed by atoms with E-state index in [1.54, 1.807) is 31.3 Å². The molecule has 1 N–H and O–H groups in total. The van der Waals surface area contributed by atoms with E-state index in [9.17, 15) is 9.59 Å². The van der Waals surface area contributed by atoms with E-state index in [0.29, 0.717) is 23.8 Å². The highest BCUT2D eigenvalue weighted by Gasteiger charge is 2.17. The zero-order valence-corrected chi connectivity index (χ0v) is 15.7. The molecule has 5 nitrogen and oxygen atoms in total. The summed E-state index contributed by atoms with van der Waals surface area (Å²) in [4.78, 5) is 25.9. The van der Waals surface area contributed by atoms with Crippen LogP contribution in [0, 0.1) is 5.92 Å². The Labute approximate surface area is 160 Å². The summed E-state index contributed by atoms with van der Waals surface area (Å²) < 4.78 is 5.39. The third-order valence-corrected chi connectivity index (χ3v) is 4.96. The number of carbonyl (C=O) groups is 2. The first-order valence-electron chi connectivity index (χ1n) is 9.52. The van der Waals surface area contributed by atoms with Gasteiger partial charge in [-0.3, -0.25) is 9.69 Å². The van der Waals surface area contributed by atoms with Crippen molar-refractivity contribution in [1.82, 2.24) is 0 Å². The van der Waals surface area contributed by atoms with Crippen LogP contribution in [0.5, 0.6) is 5.75 Å². The summed E-state index contributed by atoms with van der Waals surface area (Å²) in [5, 5.41) is 2.93. The summed E-state index contributed by atoms with van der Waals surface area (Å²) in [5.74, 6) is 0.996. The van der Waals surface area contributed by atoms with Crippen LogP contribution < -0.4 is 15.0 Å². The average Bonchev–Trinajstić information content (AvgIpc) is 2.70. The van der Waals surface area contributed by atoms with Crippen molar-refractivity contribution in [2.75, 3.05) is 17.3 Å². The third-order valence-electron chi connectivity index (χ3n) is 4.96. The molecule has 0 atom stereocenters. The summed E-state index contributed by atoms with van der Waals surface area (Å²) in [7, 11) is 1.66. The van der Waals surface area contributed by atoms with E-state index in [2.05, 4.69) is 5.32 Å². The molecule has 0 aliphatic heterocycles. The second kappa shape index (κ2) is 9.21. The third kappa shape index (κ3) is 5.58. The predicted molar refractivity (Wildman–Crippen MR) is 107 cm³/mol. The molecule has 0 spiro atoms. The van der Waals surface area contributed by atoms with Crippen LogP contribution in [0.3, 0.4) is 0 Å². The Kier molecular flexibility index (Phi) is 6.47. The van der Waals surface area contributed by atoms with E-state index in [1.807, 2.05) is 30.3 Å². The fraction of sp³-hybridized carbons (Fsp3) is 0.364. The molecule has 1 aliphatic carbocycles. The Balaban J connectivity index is 1.50. The van der Waals surface area contributed by atoms with Gasteiger partial charge in [-0.2, -0.15) is 0 Å². The SMILES string of the molecule is CN(C(=O)Oc1ccc(NC(=O)CC2CCCCC2)cc1)c1ccccc1.